The second kappa shape index (κ2) is 10.6. The summed E-state index contributed by atoms with van der Waals surface area (Å²) in [5, 5.41) is 9.10. The minimum Gasteiger partial charge on any atom is -0.497 e. The van der Waals surface area contributed by atoms with Crippen molar-refractivity contribution in [3.8, 4) is 22.8 Å². The Balaban J connectivity index is 1.84. The largest absolute Gasteiger partial charge is 0.497 e. The Hall–Kier alpha value is -4.00. The molecular formula is C26H26F3N3O6S. The molecule has 0 bridgehead atoms. The minimum absolute atomic E-state index is 0.00519. The molecule has 1 aromatic heterocycles. The average molecular weight is 566 g/mol. The van der Waals surface area contributed by atoms with Crippen LogP contribution in [-0.4, -0.2) is 58.3 Å². The number of ether oxygens (including phenoxy) is 2. The number of benzene rings is 2. The molecule has 3 aromatic rings. The summed E-state index contributed by atoms with van der Waals surface area (Å²) in [7, 11) is 0.586. The molecule has 1 aliphatic rings. The van der Waals surface area contributed by atoms with Crippen molar-refractivity contribution in [2.45, 2.75) is 30.0 Å². The van der Waals surface area contributed by atoms with Crippen LogP contribution in [0.2, 0.25) is 0 Å². The number of pyridine rings is 1. The molecule has 39 heavy (non-hydrogen) atoms. The number of aliphatic carboxylic acids is 1. The Morgan fingerprint density at radius 2 is 1.92 bits per heavy atom. The lowest BCUT2D eigenvalue weighted by atomic mass is 10.1. The van der Waals surface area contributed by atoms with Crippen LogP contribution >= 0.6 is 0 Å². The van der Waals surface area contributed by atoms with Gasteiger partial charge in [-0.2, -0.15) is 13.2 Å². The number of carboxylic acid groups (broad SMARTS) is 1. The van der Waals surface area contributed by atoms with E-state index in [-0.39, 0.29) is 30.8 Å². The van der Waals surface area contributed by atoms with E-state index in [9.17, 15) is 26.4 Å². The molecule has 1 unspecified atom stereocenters. The van der Waals surface area contributed by atoms with E-state index in [1.807, 2.05) is 0 Å². The molecule has 0 amide bonds. The van der Waals surface area contributed by atoms with E-state index in [0.29, 0.717) is 28.9 Å². The van der Waals surface area contributed by atoms with Gasteiger partial charge in [-0.25, -0.2) is 13.4 Å². The van der Waals surface area contributed by atoms with E-state index < -0.39 is 38.7 Å². The first-order valence-corrected chi connectivity index (χ1v) is 13.2. The molecule has 2 heterocycles. The highest BCUT2D eigenvalue weighted by atomic mass is 32.2. The predicted molar refractivity (Wildman–Crippen MR) is 138 cm³/mol. The number of carboxylic acids is 1. The lowest BCUT2D eigenvalue weighted by Crippen LogP contribution is -2.43. The number of alkyl halides is 3. The van der Waals surface area contributed by atoms with E-state index in [2.05, 4.69) is 4.98 Å². The van der Waals surface area contributed by atoms with Gasteiger partial charge in [0.25, 0.3) is 10.0 Å². The summed E-state index contributed by atoms with van der Waals surface area (Å²) >= 11 is 0. The van der Waals surface area contributed by atoms with Crippen molar-refractivity contribution in [1.29, 1.82) is 0 Å². The van der Waals surface area contributed by atoms with Crippen LogP contribution in [0.4, 0.5) is 24.7 Å². The van der Waals surface area contributed by atoms with Crippen molar-refractivity contribution in [2.75, 3.05) is 37.0 Å². The van der Waals surface area contributed by atoms with E-state index in [4.69, 9.17) is 14.6 Å². The maximum absolute atomic E-state index is 13.7. The molecule has 1 N–H and O–H groups in total. The smallest absolute Gasteiger partial charge is 0.416 e. The molecule has 1 atom stereocenters. The first-order chi connectivity index (χ1) is 18.3. The Morgan fingerprint density at radius 3 is 2.56 bits per heavy atom. The molecule has 9 nitrogen and oxygen atoms in total. The van der Waals surface area contributed by atoms with E-state index in [0.717, 1.165) is 22.5 Å². The number of nitrogens with zero attached hydrogens (tertiary/aromatic N) is 3. The second-order valence-corrected chi connectivity index (χ2v) is 10.9. The summed E-state index contributed by atoms with van der Waals surface area (Å²) in [6, 6.07) is 11.6. The quantitative estimate of drug-likeness (QED) is 0.420. The fourth-order valence-electron chi connectivity index (χ4n) is 4.08. The third kappa shape index (κ3) is 6.03. The molecule has 0 aliphatic carbocycles. The topological polar surface area (TPSA) is 109 Å². The molecule has 1 aliphatic heterocycles. The number of hydrogen-bond acceptors (Lipinski definition) is 7. The van der Waals surface area contributed by atoms with Gasteiger partial charge in [0.1, 0.15) is 23.4 Å². The predicted octanol–water partition coefficient (Wildman–Crippen LogP) is 4.66. The van der Waals surface area contributed by atoms with Gasteiger partial charge in [-0.15, -0.1) is 0 Å². The zero-order valence-electron chi connectivity index (χ0n) is 21.3. The van der Waals surface area contributed by atoms with Crippen molar-refractivity contribution in [1.82, 2.24) is 4.98 Å². The lowest BCUT2D eigenvalue weighted by molar-refractivity contribution is -0.138. The Morgan fingerprint density at radius 1 is 1.18 bits per heavy atom. The van der Waals surface area contributed by atoms with Crippen LogP contribution in [0.25, 0.3) is 11.3 Å². The van der Waals surface area contributed by atoms with Crippen LogP contribution in [-0.2, 0) is 21.0 Å². The summed E-state index contributed by atoms with van der Waals surface area (Å²) in [5.41, 5.74) is -0.0459. The van der Waals surface area contributed by atoms with Crippen molar-refractivity contribution < 1.29 is 41.0 Å². The first-order valence-electron chi connectivity index (χ1n) is 11.8. The molecule has 0 fully saturated rings. The molecule has 0 spiro atoms. The number of sulfonamides is 1. The summed E-state index contributed by atoms with van der Waals surface area (Å²) in [5.74, 6) is 0.153. The highest BCUT2D eigenvalue weighted by molar-refractivity contribution is 7.92. The summed E-state index contributed by atoms with van der Waals surface area (Å²) in [6.45, 7) is -0.295. The molecule has 2 aromatic carbocycles. The Bertz CT molecular complexity index is 1490. The summed E-state index contributed by atoms with van der Waals surface area (Å²) in [6.07, 6.45) is -5.87. The van der Waals surface area contributed by atoms with Crippen LogP contribution in [0.5, 0.6) is 11.5 Å². The minimum atomic E-state index is -4.74. The van der Waals surface area contributed by atoms with Crippen LogP contribution in [0.15, 0.2) is 59.5 Å². The molecular weight excluding hydrogens is 539 g/mol. The van der Waals surface area contributed by atoms with Gasteiger partial charge in [-0.05, 0) is 42.8 Å². The third-order valence-corrected chi connectivity index (χ3v) is 7.87. The summed E-state index contributed by atoms with van der Waals surface area (Å²) in [4.78, 5) is 16.9. The van der Waals surface area contributed by atoms with Gasteiger partial charge in [0.2, 0.25) is 0 Å². The summed E-state index contributed by atoms with van der Waals surface area (Å²) < 4.78 is 79.8. The highest BCUT2D eigenvalue weighted by Gasteiger charge is 2.37. The zero-order valence-corrected chi connectivity index (χ0v) is 22.1. The second-order valence-electron chi connectivity index (χ2n) is 9.06. The maximum atomic E-state index is 13.7. The van der Waals surface area contributed by atoms with E-state index in [1.54, 1.807) is 37.2 Å². The Labute approximate surface area is 223 Å². The number of aromatic nitrogens is 1. The molecule has 4 rings (SSSR count). The van der Waals surface area contributed by atoms with Crippen molar-refractivity contribution in [2.24, 2.45) is 0 Å². The molecule has 0 saturated carbocycles. The average Bonchev–Trinajstić information content (AvgIpc) is 2.90. The number of hydrogen-bond donors (Lipinski definition) is 1. The van der Waals surface area contributed by atoms with Crippen LogP contribution in [0, 0.1) is 0 Å². The highest BCUT2D eigenvalue weighted by Crippen LogP contribution is 2.41. The third-order valence-electron chi connectivity index (χ3n) is 6.10. The molecule has 208 valence electrons. The van der Waals surface area contributed by atoms with Gasteiger partial charge < -0.3 is 19.5 Å². The fourth-order valence-corrected chi connectivity index (χ4v) is 5.63. The maximum Gasteiger partial charge on any atom is 0.416 e. The van der Waals surface area contributed by atoms with Gasteiger partial charge in [0.15, 0.2) is 0 Å². The van der Waals surface area contributed by atoms with Gasteiger partial charge in [0.05, 0.1) is 35.5 Å². The SMILES string of the molecule is COc1cc(-c2ccc3c(c2)N(S(=O)(=O)c2cccc(C(F)(F)F)c2)CC(CCC(=O)O)O3)nc(N(C)C)c1. The van der Waals surface area contributed by atoms with Crippen molar-refractivity contribution in [3.63, 3.8) is 0 Å². The number of anilines is 2. The van der Waals surface area contributed by atoms with Gasteiger partial charge in [-0.1, -0.05) is 6.07 Å². The lowest BCUT2D eigenvalue weighted by Gasteiger charge is -2.35. The normalized spacial score (nSPS) is 15.3. The van der Waals surface area contributed by atoms with Crippen LogP contribution in [0.3, 0.4) is 0 Å². The number of carbonyl (C=O) groups is 1. The first kappa shape index (κ1) is 28.0. The van der Waals surface area contributed by atoms with Crippen LogP contribution in [0.1, 0.15) is 18.4 Å². The standard InChI is InChI=1S/C26H26F3N3O6S/c1-31(2)24-14-19(37-3)13-21(30-24)16-7-9-23-22(11-16)32(15-18(38-23)8-10-25(33)34)39(35,36)20-6-4-5-17(12-20)26(27,28)29/h4-7,9,11-14,18H,8,10,15H2,1-3H3,(H,33,34). The van der Waals surface area contributed by atoms with Crippen molar-refractivity contribution >= 4 is 27.5 Å². The van der Waals surface area contributed by atoms with E-state index >= 15 is 0 Å². The van der Waals surface area contributed by atoms with Gasteiger partial charge in [0, 0.05) is 38.2 Å². The van der Waals surface area contributed by atoms with Gasteiger partial charge >= 0.3 is 12.1 Å². The van der Waals surface area contributed by atoms with Gasteiger partial charge in [-0.3, -0.25) is 9.10 Å². The number of rotatable bonds is 8. The number of halogens is 3. The van der Waals surface area contributed by atoms with E-state index in [1.165, 1.54) is 19.2 Å². The number of fused-ring (bicyclic) bond motifs is 1. The molecule has 13 heteroatoms. The molecule has 0 saturated heterocycles. The monoisotopic (exact) mass is 565 g/mol. The Kier molecular flexibility index (Phi) is 7.64. The number of methoxy groups -OCH3 is 1. The van der Waals surface area contributed by atoms with Crippen molar-refractivity contribution in [3.05, 3.63) is 60.2 Å². The zero-order chi connectivity index (χ0) is 28.5. The van der Waals surface area contributed by atoms with Crippen LogP contribution < -0.4 is 18.7 Å². The fraction of sp³-hybridized carbons (Fsp3) is 0.308. The molecule has 0 radical (unpaired) electrons.